The first-order valence-corrected chi connectivity index (χ1v) is 6.50. The molecule has 86 valence electrons. The molecule has 0 saturated carbocycles. The highest BCUT2D eigenvalue weighted by Crippen LogP contribution is 2.07. The van der Waals surface area contributed by atoms with Crippen molar-refractivity contribution in [3.8, 4) is 0 Å². The van der Waals surface area contributed by atoms with Gasteiger partial charge in [-0.1, -0.05) is 13.8 Å². The molecule has 2 atom stereocenters. The summed E-state index contributed by atoms with van der Waals surface area (Å²) in [5, 5.41) is 21.2. The van der Waals surface area contributed by atoms with E-state index in [9.17, 15) is 0 Å². The van der Waals surface area contributed by atoms with Crippen molar-refractivity contribution in [2.45, 2.75) is 38.8 Å². The van der Waals surface area contributed by atoms with E-state index in [4.69, 9.17) is 10.2 Å². The van der Waals surface area contributed by atoms with Crippen LogP contribution in [0.25, 0.3) is 0 Å². The zero-order valence-electron chi connectivity index (χ0n) is 9.20. The number of aliphatic hydroxyl groups is 2. The van der Waals surface area contributed by atoms with Crippen molar-refractivity contribution in [3.63, 3.8) is 0 Å². The SMILES string of the molecule is CCCNC(CC)CSCC(O)CO. The second kappa shape index (κ2) is 9.77. The van der Waals surface area contributed by atoms with E-state index in [1.165, 1.54) is 0 Å². The summed E-state index contributed by atoms with van der Waals surface area (Å²) in [6.07, 6.45) is 1.70. The lowest BCUT2D eigenvalue weighted by Gasteiger charge is -2.16. The first kappa shape index (κ1) is 14.2. The molecule has 3 nitrogen and oxygen atoms in total. The Hall–Kier alpha value is 0.230. The van der Waals surface area contributed by atoms with Gasteiger partial charge in [0.1, 0.15) is 0 Å². The van der Waals surface area contributed by atoms with E-state index in [0.29, 0.717) is 11.8 Å². The predicted octanol–water partition coefficient (Wildman–Crippen LogP) is 0.851. The molecule has 0 aliphatic carbocycles. The Morgan fingerprint density at radius 2 is 2.00 bits per heavy atom. The molecule has 0 aromatic carbocycles. The highest BCUT2D eigenvalue weighted by molar-refractivity contribution is 7.99. The molecule has 0 bridgehead atoms. The number of rotatable bonds is 9. The lowest BCUT2D eigenvalue weighted by molar-refractivity contribution is 0.113. The molecule has 0 aromatic heterocycles. The van der Waals surface area contributed by atoms with Gasteiger partial charge in [0.2, 0.25) is 0 Å². The maximum absolute atomic E-state index is 9.13. The van der Waals surface area contributed by atoms with E-state index >= 15 is 0 Å². The van der Waals surface area contributed by atoms with E-state index < -0.39 is 6.10 Å². The second-order valence-corrected chi connectivity index (χ2v) is 4.51. The standard InChI is InChI=1S/C10H23NO2S/c1-3-5-11-9(4-2)7-14-8-10(13)6-12/h9-13H,3-8H2,1-2H3. The fourth-order valence-corrected chi connectivity index (χ4v) is 2.22. The number of hydrogen-bond donors (Lipinski definition) is 3. The molecule has 14 heavy (non-hydrogen) atoms. The molecule has 4 heteroatoms. The summed E-state index contributed by atoms with van der Waals surface area (Å²) in [7, 11) is 0. The highest BCUT2D eigenvalue weighted by Gasteiger charge is 2.07. The summed E-state index contributed by atoms with van der Waals surface area (Å²) in [5.74, 6) is 1.63. The van der Waals surface area contributed by atoms with Gasteiger partial charge in [0.25, 0.3) is 0 Å². The lowest BCUT2D eigenvalue weighted by atomic mass is 10.2. The van der Waals surface area contributed by atoms with Crippen molar-refractivity contribution in [2.24, 2.45) is 0 Å². The monoisotopic (exact) mass is 221 g/mol. The average Bonchev–Trinajstić information content (AvgIpc) is 2.22. The Bertz CT molecular complexity index is 125. The molecule has 0 radical (unpaired) electrons. The van der Waals surface area contributed by atoms with Gasteiger partial charge in [0, 0.05) is 17.5 Å². The van der Waals surface area contributed by atoms with Crippen LogP contribution in [0.15, 0.2) is 0 Å². The van der Waals surface area contributed by atoms with Gasteiger partial charge in [-0.15, -0.1) is 0 Å². The normalized spacial score (nSPS) is 15.4. The van der Waals surface area contributed by atoms with Gasteiger partial charge < -0.3 is 15.5 Å². The molecule has 2 unspecified atom stereocenters. The third-order valence-electron chi connectivity index (χ3n) is 2.02. The van der Waals surface area contributed by atoms with Crippen LogP contribution in [0.4, 0.5) is 0 Å². The molecule has 0 fully saturated rings. The van der Waals surface area contributed by atoms with Crippen molar-refractivity contribution in [1.82, 2.24) is 5.32 Å². The summed E-state index contributed by atoms with van der Waals surface area (Å²) in [5.41, 5.74) is 0. The zero-order valence-corrected chi connectivity index (χ0v) is 10.0. The van der Waals surface area contributed by atoms with Crippen LogP contribution >= 0.6 is 11.8 Å². The third-order valence-corrected chi connectivity index (χ3v) is 3.27. The van der Waals surface area contributed by atoms with Gasteiger partial charge >= 0.3 is 0 Å². The van der Waals surface area contributed by atoms with E-state index in [1.54, 1.807) is 11.8 Å². The summed E-state index contributed by atoms with van der Waals surface area (Å²) >= 11 is 1.70. The Kier molecular flexibility index (Phi) is 9.93. The van der Waals surface area contributed by atoms with Crippen molar-refractivity contribution in [1.29, 1.82) is 0 Å². The van der Waals surface area contributed by atoms with Crippen molar-refractivity contribution in [3.05, 3.63) is 0 Å². The Balaban J connectivity index is 3.42. The van der Waals surface area contributed by atoms with E-state index in [-0.39, 0.29) is 6.61 Å². The van der Waals surface area contributed by atoms with Gasteiger partial charge in [-0.2, -0.15) is 11.8 Å². The minimum atomic E-state index is -0.566. The van der Waals surface area contributed by atoms with Crippen LogP contribution in [0, 0.1) is 0 Å². The molecule has 0 heterocycles. The molecular weight excluding hydrogens is 198 g/mol. The number of thioether (sulfide) groups is 1. The Morgan fingerprint density at radius 1 is 1.29 bits per heavy atom. The molecule has 3 N–H and O–H groups in total. The molecular formula is C10H23NO2S. The van der Waals surface area contributed by atoms with Crippen LogP contribution < -0.4 is 5.32 Å². The van der Waals surface area contributed by atoms with Crippen molar-refractivity contribution in [2.75, 3.05) is 24.7 Å². The number of hydrogen-bond acceptors (Lipinski definition) is 4. The highest BCUT2D eigenvalue weighted by atomic mass is 32.2. The zero-order chi connectivity index (χ0) is 10.8. The van der Waals surface area contributed by atoms with E-state index in [0.717, 1.165) is 25.1 Å². The summed E-state index contributed by atoms with van der Waals surface area (Å²) in [6, 6.07) is 0.533. The Labute approximate surface area is 91.3 Å². The van der Waals surface area contributed by atoms with Crippen LogP contribution in [0.2, 0.25) is 0 Å². The molecule has 0 rings (SSSR count). The number of aliphatic hydroxyl groups excluding tert-OH is 2. The predicted molar refractivity (Wildman–Crippen MR) is 62.8 cm³/mol. The van der Waals surface area contributed by atoms with Gasteiger partial charge in [-0.3, -0.25) is 0 Å². The van der Waals surface area contributed by atoms with Gasteiger partial charge in [-0.25, -0.2) is 0 Å². The largest absolute Gasteiger partial charge is 0.394 e. The number of nitrogens with one attached hydrogen (secondary N) is 1. The van der Waals surface area contributed by atoms with Crippen molar-refractivity contribution >= 4 is 11.8 Å². The smallest absolute Gasteiger partial charge is 0.0861 e. The van der Waals surface area contributed by atoms with Crippen LogP contribution in [-0.2, 0) is 0 Å². The van der Waals surface area contributed by atoms with Gasteiger partial charge in [0.05, 0.1) is 12.7 Å². The second-order valence-electron chi connectivity index (χ2n) is 3.43. The van der Waals surface area contributed by atoms with Crippen LogP contribution in [-0.4, -0.2) is 47.0 Å². The maximum Gasteiger partial charge on any atom is 0.0861 e. The van der Waals surface area contributed by atoms with E-state index in [1.807, 2.05) is 0 Å². The molecule has 0 aliphatic rings. The van der Waals surface area contributed by atoms with Crippen LogP contribution in [0.5, 0.6) is 0 Å². The Morgan fingerprint density at radius 3 is 2.50 bits per heavy atom. The maximum atomic E-state index is 9.13. The van der Waals surface area contributed by atoms with Gasteiger partial charge in [-0.05, 0) is 19.4 Å². The lowest BCUT2D eigenvalue weighted by Crippen LogP contribution is -2.31. The quantitative estimate of drug-likeness (QED) is 0.540. The van der Waals surface area contributed by atoms with Gasteiger partial charge in [0.15, 0.2) is 0 Å². The molecule has 0 aromatic rings. The topological polar surface area (TPSA) is 52.5 Å². The summed E-state index contributed by atoms with van der Waals surface area (Å²) in [4.78, 5) is 0. The third kappa shape index (κ3) is 7.62. The van der Waals surface area contributed by atoms with Crippen LogP contribution in [0.1, 0.15) is 26.7 Å². The molecule has 0 aliphatic heterocycles. The minimum absolute atomic E-state index is 0.133. The first-order chi connectivity index (χ1) is 6.74. The summed E-state index contributed by atoms with van der Waals surface area (Å²) in [6.45, 7) is 5.24. The minimum Gasteiger partial charge on any atom is -0.394 e. The molecule has 0 spiro atoms. The van der Waals surface area contributed by atoms with Crippen LogP contribution in [0.3, 0.4) is 0 Å². The van der Waals surface area contributed by atoms with E-state index in [2.05, 4.69) is 19.2 Å². The molecule has 0 saturated heterocycles. The summed E-state index contributed by atoms with van der Waals surface area (Å²) < 4.78 is 0. The average molecular weight is 221 g/mol. The molecule has 0 amide bonds. The fourth-order valence-electron chi connectivity index (χ4n) is 1.07. The fraction of sp³-hybridized carbons (Fsp3) is 1.00. The first-order valence-electron chi connectivity index (χ1n) is 5.34. The van der Waals surface area contributed by atoms with Crippen molar-refractivity contribution < 1.29 is 10.2 Å².